The van der Waals surface area contributed by atoms with Gasteiger partial charge in [0.05, 0.1) is 10.5 Å². The van der Waals surface area contributed by atoms with Gasteiger partial charge in [0.1, 0.15) is 5.82 Å². The van der Waals surface area contributed by atoms with E-state index in [9.17, 15) is 9.18 Å². The van der Waals surface area contributed by atoms with Gasteiger partial charge < -0.3 is 5.32 Å². The molecule has 0 saturated carbocycles. The normalized spacial score (nSPS) is 24.6. The van der Waals surface area contributed by atoms with E-state index < -0.39 is 0 Å². The second-order valence-electron chi connectivity index (χ2n) is 5.52. The third-order valence-electron chi connectivity index (χ3n) is 4.03. The lowest BCUT2D eigenvalue weighted by Crippen LogP contribution is -2.46. The minimum atomic E-state index is -0.335. The molecule has 20 heavy (non-hydrogen) atoms. The lowest BCUT2D eigenvalue weighted by atomic mass is 10.2. The molecule has 3 atom stereocenters. The number of amides is 1. The summed E-state index contributed by atoms with van der Waals surface area (Å²) in [5, 5.41) is 2.85. The van der Waals surface area contributed by atoms with Gasteiger partial charge in [-0.1, -0.05) is 0 Å². The number of hydrogen-bond donors (Lipinski definition) is 1. The van der Waals surface area contributed by atoms with Crippen LogP contribution in [0.2, 0.25) is 0 Å². The summed E-state index contributed by atoms with van der Waals surface area (Å²) in [6, 6.07) is 5.15. The number of carbonyl (C=O) groups is 1. The molecule has 0 aromatic heterocycles. The van der Waals surface area contributed by atoms with Crippen LogP contribution in [0.3, 0.4) is 0 Å². The van der Waals surface area contributed by atoms with Crippen LogP contribution >= 0.6 is 15.9 Å². The average molecular weight is 343 g/mol. The Hall–Kier alpha value is -0.940. The van der Waals surface area contributed by atoms with Crippen molar-refractivity contribution >= 4 is 27.5 Å². The third-order valence-corrected chi connectivity index (χ3v) is 4.64. The lowest BCUT2D eigenvalue weighted by Gasteiger charge is -2.31. The summed E-state index contributed by atoms with van der Waals surface area (Å²) in [5.41, 5.74) is 0.606. The molecule has 1 heterocycles. The minimum absolute atomic E-state index is 0.0518. The highest BCUT2D eigenvalue weighted by Crippen LogP contribution is 2.27. The van der Waals surface area contributed by atoms with E-state index in [1.165, 1.54) is 6.07 Å². The Kier molecular flexibility index (Phi) is 4.81. The molecule has 0 spiro atoms. The average Bonchev–Trinajstić information content (AvgIpc) is 2.72. The zero-order chi connectivity index (χ0) is 14.9. The first-order valence-corrected chi connectivity index (χ1v) is 7.72. The summed E-state index contributed by atoms with van der Waals surface area (Å²) in [4.78, 5) is 14.6. The largest absolute Gasteiger partial charge is 0.325 e. The highest BCUT2D eigenvalue weighted by atomic mass is 79.9. The van der Waals surface area contributed by atoms with Crippen molar-refractivity contribution in [3.63, 3.8) is 0 Å². The van der Waals surface area contributed by atoms with E-state index in [0.717, 1.165) is 12.8 Å². The summed E-state index contributed by atoms with van der Waals surface area (Å²) in [6.07, 6.45) is 2.25. The highest BCUT2D eigenvalue weighted by molar-refractivity contribution is 9.10. The van der Waals surface area contributed by atoms with Crippen molar-refractivity contribution in [1.82, 2.24) is 4.90 Å². The number of anilines is 1. The number of nitrogens with one attached hydrogen (secondary N) is 1. The smallest absolute Gasteiger partial charge is 0.241 e. The fourth-order valence-corrected chi connectivity index (χ4v) is 3.31. The van der Waals surface area contributed by atoms with Crippen LogP contribution in [0.5, 0.6) is 0 Å². The zero-order valence-corrected chi connectivity index (χ0v) is 13.6. The van der Waals surface area contributed by atoms with Crippen LogP contribution in [0.4, 0.5) is 10.1 Å². The monoisotopic (exact) mass is 342 g/mol. The molecular weight excluding hydrogens is 323 g/mol. The molecule has 0 bridgehead atoms. The van der Waals surface area contributed by atoms with Gasteiger partial charge in [-0.3, -0.25) is 9.69 Å². The van der Waals surface area contributed by atoms with Gasteiger partial charge in [0, 0.05) is 17.8 Å². The van der Waals surface area contributed by atoms with Crippen LogP contribution in [-0.2, 0) is 4.79 Å². The third kappa shape index (κ3) is 3.20. The first-order chi connectivity index (χ1) is 9.40. The molecule has 1 saturated heterocycles. The molecule has 1 fully saturated rings. The molecule has 5 heteroatoms. The summed E-state index contributed by atoms with van der Waals surface area (Å²) < 4.78 is 13.5. The number of halogens is 2. The van der Waals surface area contributed by atoms with Gasteiger partial charge in [0.2, 0.25) is 5.91 Å². The van der Waals surface area contributed by atoms with Gasteiger partial charge in [-0.2, -0.15) is 0 Å². The summed E-state index contributed by atoms with van der Waals surface area (Å²) in [5.74, 6) is -0.387. The van der Waals surface area contributed by atoms with Crippen molar-refractivity contribution < 1.29 is 9.18 Å². The number of hydrogen-bond acceptors (Lipinski definition) is 2. The number of nitrogens with zero attached hydrogens (tertiary/aromatic N) is 1. The molecule has 1 aliphatic rings. The maximum absolute atomic E-state index is 13.2. The first-order valence-electron chi connectivity index (χ1n) is 6.93. The van der Waals surface area contributed by atoms with E-state index in [4.69, 9.17) is 0 Å². The number of carbonyl (C=O) groups excluding carboxylic acids is 1. The van der Waals surface area contributed by atoms with Gasteiger partial charge in [0.25, 0.3) is 0 Å². The first kappa shape index (κ1) is 15.4. The fraction of sp³-hybridized carbons (Fsp3) is 0.533. The molecule has 0 aliphatic carbocycles. The van der Waals surface area contributed by atoms with E-state index in [0.29, 0.717) is 22.2 Å². The molecular formula is C15H20BrFN2O. The Bertz CT molecular complexity index is 499. The van der Waals surface area contributed by atoms with Gasteiger partial charge >= 0.3 is 0 Å². The van der Waals surface area contributed by atoms with Crippen molar-refractivity contribution in [2.75, 3.05) is 5.32 Å². The number of benzene rings is 1. The molecule has 3 unspecified atom stereocenters. The highest BCUT2D eigenvalue weighted by Gasteiger charge is 2.34. The quantitative estimate of drug-likeness (QED) is 0.906. The molecule has 1 aliphatic heterocycles. The molecule has 110 valence electrons. The molecule has 1 N–H and O–H groups in total. The van der Waals surface area contributed by atoms with Crippen molar-refractivity contribution in [1.29, 1.82) is 0 Å². The second kappa shape index (κ2) is 6.22. The van der Waals surface area contributed by atoms with E-state index >= 15 is 0 Å². The SMILES string of the molecule is CC1CCC(C)N1C(C)C(=O)Nc1ccc(F)c(Br)c1. The van der Waals surface area contributed by atoms with Crippen molar-refractivity contribution in [3.05, 3.63) is 28.5 Å². The summed E-state index contributed by atoms with van der Waals surface area (Å²) in [6.45, 7) is 6.23. The Morgan fingerprint density at radius 2 is 2.00 bits per heavy atom. The molecule has 0 radical (unpaired) electrons. The zero-order valence-electron chi connectivity index (χ0n) is 12.0. The van der Waals surface area contributed by atoms with E-state index in [2.05, 4.69) is 40.0 Å². The minimum Gasteiger partial charge on any atom is -0.325 e. The lowest BCUT2D eigenvalue weighted by molar-refractivity contribution is -0.121. The van der Waals surface area contributed by atoms with Crippen LogP contribution < -0.4 is 5.32 Å². The van der Waals surface area contributed by atoms with Crippen LogP contribution in [-0.4, -0.2) is 28.9 Å². The van der Waals surface area contributed by atoms with Gasteiger partial charge in [0.15, 0.2) is 0 Å². The Morgan fingerprint density at radius 3 is 2.55 bits per heavy atom. The Morgan fingerprint density at radius 1 is 1.40 bits per heavy atom. The predicted octanol–water partition coefficient (Wildman–Crippen LogP) is 3.79. The summed E-state index contributed by atoms with van der Waals surface area (Å²) >= 11 is 3.12. The van der Waals surface area contributed by atoms with Crippen LogP contribution in [0.1, 0.15) is 33.6 Å². The number of likely N-dealkylation sites (tertiary alicyclic amines) is 1. The maximum Gasteiger partial charge on any atom is 0.241 e. The van der Waals surface area contributed by atoms with Crippen molar-refractivity contribution in [2.45, 2.75) is 51.7 Å². The van der Waals surface area contributed by atoms with Crippen molar-refractivity contribution in [3.8, 4) is 0 Å². The Labute approximate surface area is 127 Å². The standard InChI is InChI=1S/C15H20BrFN2O/c1-9-4-5-10(2)19(9)11(3)15(20)18-12-6-7-14(17)13(16)8-12/h6-11H,4-5H2,1-3H3,(H,18,20). The second-order valence-corrected chi connectivity index (χ2v) is 6.37. The molecule has 1 aromatic carbocycles. The maximum atomic E-state index is 13.2. The van der Waals surface area contributed by atoms with E-state index in [1.807, 2.05) is 6.92 Å². The fourth-order valence-electron chi connectivity index (χ4n) is 2.93. The number of rotatable bonds is 3. The van der Waals surface area contributed by atoms with Crippen LogP contribution in [0, 0.1) is 5.82 Å². The molecule has 3 nitrogen and oxygen atoms in total. The topological polar surface area (TPSA) is 32.3 Å². The Balaban J connectivity index is 2.05. The van der Waals surface area contributed by atoms with Gasteiger partial charge in [-0.15, -0.1) is 0 Å². The summed E-state index contributed by atoms with van der Waals surface area (Å²) in [7, 11) is 0. The molecule has 1 amide bonds. The predicted molar refractivity (Wildman–Crippen MR) is 82.2 cm³/mol. The van der Waals surface area contributed by atoms with Crippen LogP contribution in [0.15, 0.2) is 22.7 Å². The van der Waals surface area contributed by atoms with E-state index in [1.54, 1.807) is 12.1 Å². The van der Waals surface area contributed by atoms with Crippen LogP contribution in [0.25, 0.3) is 0 Å². The van der Waals surface area contributed by atoms with Crippen molar-refractivity contribution in [2.24, 2.45) is 0 Å². The van der Waals surface area contributed by atoms with Gasteiger partial charge in [-0.05, 0) is 67.7 Å². The molecule has 2 rings (SSSR count). The van der Waals surface area contributed by atoms with E-state index in [-0.39, 0.29) is 17.8 Å². The molecule has 1 aromatic rings. The van der Waals surface area contributed by atoms with Gasteiger partial charge in [-0.25, -0.2) is 4.39 Å².